The Hall–Kier alpha value is -8.50. The Morgan fingerprint density at radius 1 is 0.584 bits per heavy atom. The van der Waals surface area contributed by atoms with Crippen molar-refractivity contribution in [2.45, 2.75) is 65.7 Å². The fourth-order valence-corrected chi connectivity index (χ4v) is 9.13. The van der Waals surface area contributed by atoms with Gasteiger partial charge in [0, 0.05) is 25.9 Å². The molecule has 4 aliphatic heterocycles. The molecule has 402 valence electrons. The summed E-state index contributed by atoms with van der Waals surface area (Å²) >= 11 is 0. The van der Waals surface area contributed by atoms with E-state index in [1.165, 1.54) is 29.0 Å². The number of methoxy groups -OCH3 is 1. The quantitative estimate of drug-likeness (QED) is 0.100. The monoisotopic (exact) mass is 1060 g/mol. The van der Waals surface area contributed by atoms with Crippen LogP contribution in [0.1, 0.15) is 80.6 Å². The molecule has 10 rings (SSSR count). The molecule has 0 radical (unpaired) electrons. The number of morpholine rings is 2. The lowest BCUT2D eigenvalue weighted by Crippen LogP contribution is -2.53. The average molecular weight is 1060 g/mol. The van der Waals surface area contributed by atoms with Crippen molar-refractivity contribution in [2.24, 2.45) is 0 Å². The lowest BCUT2D eigenvalue weighted by Gasteiger charge is -2.33. The lowest BCUT2D eigenvalue weighted by molar-refractivity contribution is -0.160. The number of carbonyl (C=O) groups is 6. The van der Waals surface area contributed by atoms with E-state index in [0.29, 0.717) is 47.1 Å². The minimum atomic E-state index is -1.11. The van der Waals surface area contributed by atoms with Gasteiger partial charge in [-0.15, -0.1) is 0 Å². The summed E-state index contributed by atoms with van der Waals surface area (Å²) in [5.41, 5.74) is 4.25. The zero-order valence-electron chi connectivity index (χ0n) is 40.0. The molecule has 2 aromatic heterocycles. The zero-order valence-corrected chi connectivity index (χ0v) is 40.0. The summed E-state index contributed by atoms with van der Waals surface area (Å²) in [6.07, 6.45) is 0.505. The first-order chi connectivity index (χ1) is 36.2. The number of fused-ring (bicyclic) bond motifs is 2. The van der Waals surface area contributed by atoms with Gasteiger partial charge < -0.3 is 39.8 Å². The highest BCUT2D eigenvalue weighted by molar-refractivity contribution is 6.00. The molecule has 6 heterocycles. The van der Waals surface area contributed by atoms with E-state index in [9.17, 15) is 51.4 Å². The van der Waals surface area contributed by atoms with Gasteiger partial charge in [-0.2, -0.15) is 0 Å². The van der Waals surface area contributed by atoms with Crippen molar-refractivity contribution in [1.29, 1.82) is 0 Å². The molecule has 4 aliphatic rings. The Kier molecular flexibility index (Phi) is 17.9. The van der Waals surface area contributed by atoms with Crippen molar-refractivity contribution in [3.63, 3.8) is 0 Å². The summed E-state index contributed by atoms with van der Waals surface area (Å²) in [4.78, 5) is 94.0. The third kappa shape index (κ3) is 12.3. The second kappa shape index (κ2) is 24.4. The Labute approximate surface area is 439 Å². The maximum absolute atomic E-state index is 14.4. The molecule has 0 bridgehead atoms. The van der Waals surface area contributed by atoms with Crippen LogP contribution in [0.15, 0.2) is 84.9 Å². The van der Waals surface area contributed by atoms with E-state index >= 15 is 0 Å². The fraction of sp³-hybridized carbons (Fsp3) is 0.309. The number of carbonyl (C=O) groups excluding carboxylic acids is 5. The van der Waals surface area contributed by atoms with E-state index in [2.05, 4.69) is 30.6 Å². The van der Waals surface area contributed by atoms with Gasteiger partial charge in [0.15, 0.2) is 23.7 Å². The Bertz CT molecular complexity index is 3200. The number of esters is 1. The minimum absolute atomic E-state index is 0. The van der Waals surface area contributed by atoms with Crippen LogP contribution < -0.4 is 10.6 Å². The third-order valence-corrected chi connectivity index (χ3v) is 12.9. The van der Waals surface area contributed by atoms with Gasteiger partial charge in [-0.3, -0.25) is 19.2 Å². The standard InChI is InChI=1S/C27H24F2N4O5.C26H22F2N4O5.2CH4/c1-37-27(36)21-14-38-10-9-33(21)22(34)12-16-7-5-15(6-8-16)11-19-24-20(13-30-26(24)35)32-25(31-19)23-17(28)3-2-4-18(23)29;27-16-2-1-3-17(28)22(16)24-30-18(23-19(31-24)12-29-25(23)34)10-14-4-6-15(7-5-14)11-21(33)32-8-9-37-13-20(32)26(35)36;;/h2-8,21H,9-14H2,1H3,(H,30,35);1-7,20H,8-13H2,(H,29,34)(H,35,36);2*1H4. The largest absolute Gasteiger partial charge is 0.480 e. The van der Waals surface area contributed by atoms with Crippen LogP contribution in [-0.4, -0.2) is 129 Å². The molecule has 4 aromatic carbocycles. The van der Waals surface area contributed by atoms with Crippen molar-refractivity contribution >= 4 is 35.6 Å². The fourth-order valence-electron chi connectivity index (χ4n) is 9.13. The molecule has 3 N–H and O–H groups in total. The summed E-state index contributed by atoms with van der Waals surface area (Å²) in [5, 5.41) is 14.7. The smallest absolute Gasteiger partial charge is 0.331 e. The number of ether oxygens (including phenoxy) is 3. The molecule has 2 unspecified atom stereocenters. The first kappa shape index (κ1) is 56.2. The minimum Gasteiger partial charge on any atom is -0.480 e. The van der Waals surface area contributed by atoms with Crippen LogP contribution in [0.2, 0.25) is 0 Å². The number of halogens is 4. The normalized spacial score (nSPS) is 16.3. The molecule has 0 spiro atoms. The molecule has 2 fully saturated rings. The topological polar surface area (TPSA) is 232 Å². The maximum Gasteiger partial charge on any atom is 0.331 e. The van der Waals surface area contributed by atoms with Crippen LogP contribution in [0.5, 0.6) is 0 Å². The van der Waals surface area contributed by atoms with Gasteiger partial charge >= 0.3 is 11.9 Å². The van der Waals surface area contributed by atoms with Crippen molar-refractivity contribution in [2.75, 3.05) is 46.6 Å². The predicted octanol–water partition coefficient (Wildman–Crippen LogP) is 5.58. The third-order valence-electron chi connectivity index (χ3n) is 12.9. The van der Waals surface area contributed by atoms with E-state index in [4.69, 9.17) is 14.2 Å². The molecule has 0 aliphatic carbocycles. The van der Waals surface area contributed by atoms with Crippen LogP contribution >= 0.6 is 0 Å². The molecule has 77 heavy (non-hydrogen) atoms. The van der Waals surface area contributed by atoms with Gasteiger partial charge in [0.05, 0.1) is 104 Å². The number of aromatic nitrogens is 4. The number of rotatable bonds is 12. The summed E-state index contributed by atoms with van der Waals surface area (Å²) < 4.78 is 73.0. The number of nitrogens with zero attached hydrogens (tertiary/aromatic N) is 6. The van der Waals surface area contributed by atoms with E-state index in [1.54, 1.807) is 48.5 Å². The van der Waals surface area contributed by atoms with Crippen molar-refractivity contribution in [3.05, 3.63) is 164 Å². The molecule has 4 amide bonds. The van der Waals surface area contributed by atoms with Gasteiger partial charge in [-0.1, -0.05) is 75.5 Å². The van der Waals surface area contributed by atoms with Gasteiger partial charge in [0.2, 0.25) is 11.8 Å². The second-order valence-electron chi connectivity index (χ2n) is 17.7. The highest BCUT2D eigenvalue weighted by Gasteiger charge is 2.35. The van der Waals surface area contributed by atoms with E-state index in [-0.39, 0.29) is 132 Å². The SMILES string of the molecule is C.C.COC(=O)C1COCCN1C(=O)Cc1ccc(Cc2nc(-c3c(F)cccc3F)nc3c2C(=O)NC3)cc1.O=C1NCc2nc(-c3c(F)cccc3F)nc(Cc3ccc(CC(=O)N4CCOCC4C(=O)O)cc3)c21. The van der Waals surface area contributed by atoms with Gasteiger partial charge in [0.1, 0.15) is 23.3 Å². The van der Waals surface area contributed by atoms with Crippen molar-refractivity contribution in [1.82, 2.24) is 40.4 Å². The Morgan fingerprint density at radius 2 is 0.961 bits per heavy atom. The first-order valence-electron chi connectivity index (χ1n) is 23.6. The summed E-state index contributed by atoms with van der Waals surface area (Å²) in [7, 11) is 1.27. The molecule has 6 aromatic rings. The first-order valence-corrected chi connectivity index (χ1v) is 23.6. The summed E-state index contributed by atoms with van der Waals surface area (Å²) in [6, 6.07) is 19.4. The van der Waals surface area contributed by atoms with Crippen molar-refractivity contribution < 1.29 is 65.6 Å². The van der Waals surface area contributed by atoms with Crippen LogP contribution in [0, 0.1) is 23.3 Å². The van der Waals surface area contributed by atoms with Gasteiger partial charge in [-0.25, -0.2) is 47.1 Å². The van der Waals surface area contributed by atoms with E-state index < -0.39 is 47.3 Å². The summed E-state index contributed by atoms with van der Waals surface area (Å²) in [6.45, 7) is 1.44. The van der Waals surface area contributed by atoms with Crippen LogP contribution in [0.25, 0.3) is 22.8 Å². The number of carboxylic acid groups (broad SMARTS) is 1. The van der Waals surface area contributed by atoms with Gasteiger partial charge in [-0.05, 0) is 46.5 Å². The van der Waals surface area contributed by atoms with Crippen LogP contribution in [0.4, 0.5) is 17.6 Å². The predicted molar refractivity (Wildman–Crippen MR) is 269 cm³/mol. The highest BCUT2D eigenvalue weighted by Crippen LogP contribution is 2.30. The van der Waals surface area contributed by atoms with Gasteiger partial charge in [0.25, 0.3) is 11.8 Å². The molecular weight excluding hydrogens is 1010 g/mol. The molecular formula is C55H54F4N8O10. The second-order valence-corrected chi connectivity index (χ2v) is 17.7. The zero-order chi connectivity index (χ0) is 52.9. The Balaban J connectivity index is 0.000000218. The molecule has 0 saturated carbocycles. The lowest BCUT2D eigenvalue weighted by atomic mass is 10.0. The maximum atomic E-state index is 14.4. The number of amides is 4. The molecule has 22 heteroatoms. The number of nitrogens with one attached hydrogen (secondary N) is 2. The highest BCUT2D eigenvalue weighted by atomic mass is 19.1. The number of benzene rings is 4. The number of hydrogen-bond acceptors (Lipinski definition) is 13. The number of carboxylic acids is 1. The molecule has 2 atom stereocenters. The molecule has 18 nitrogen and oxygen atoms in total. The van der Waals surface area contributed by atoms with Crippen LogP contribution in [-0.2, 0) is 72.2 Å². The van der Waals surface area contributed by atoms with Crippen molar-refractivity contribution in [3.8, 4) is 22.8 Å². The Morgan fingerprint density at radius 3 is 1.35 bits per heavy atom. The number of hydrogen-bond donors (Lipinski definition) is 3. The van der Waals surface area contributed by atoms with E-state index in [0.717, 1.165) is 41.0 Å². The summed E-state index contributed by atoms with van der Waals surface area (Å²) in [5.74, 6) is -6.33. The number of aliphatic carboxylic acids is 1. The van der Waals surface area contributed by atoms with Crippen LogP contribution in [0.3, 0.4) is 0 Å². The average Bonchev–Trinajstić information content (AvgIpc) is 4.00. The molecule has 2 saturated heterocycles. The van der Waals surface area contributed by atoms with E-state index in [1.807, 2.05) is 0 Å².